The van der Waals surface area contributed by atoms with Crippen LogP contribution in [0.2, 0.25) is 0 Å². The van der Waals surface area contributed by atoms with Crippen molar-refractivity contribution in [2.45, 2.75) is 43.4 Å². The zero-order valence-electron chi connectivity index (χ0n) is 13.4. The maximum atomic E-state index is 13.1. The van der Waals surface area contributed by atoms with Crippen LogP contribution in [0.25, 0.3) is 0 Å². The highest BCUT2D eigenvalue weighted by atomic mass is 32.2. The van der Waals surface area contributed by atoms with Gasteiger partial charge in [0.25, 0.3) is 5.69 Å². The fourth-order valence-electron chi connectivity index (χ4n) is 3.31. The van der Waals surface area contributed by atoms with E-state index in [0.29, 0.717) is 26.2 Å². The van der Waals surface area contributed by atoms with Gasteiger partial charge >= 0.3 is 0 Å². The summed E-state index contributed by atoms with van der Waals surface area (Å²) in [5.41, 5.74) is -0.0434. The maximum absolute atomic E-state index is 13.1. The van der Waals surface area contributed by atoms with Crippen molar-refractivity contribution in [2.24, 2.45) is 0 Å². The second-order valence-corrected chi connectivity index (χ2v) is 7.81. The first-order chi connectivity index (χ1) is 11.4. The van der Waals surface area contributed by atoms with E-state index in [0.717, 1.165) is 12.8 Å². The summed E-state index contributed by atoms with van der Waals surface area (Å²) in [6, 6.07) is 3.73. The van der Waals surface area contributed by atoms with Gasteiger partial charge in [-0.2, -0.15) is 4.31 Å². The van der Waals surface area contributed by atoms with Gasteiger partial charge < -0.3 is 9.47 Å². The zero-order chi connectivity index (χ0) is 17.3. The summed E-state index contributed by atoms with van der Waals surface area (Å²) in [6.07, 6.45) is 1.72. The molecule has 1 atom stereocenters. The molecule has 0 aliphatic carbocycles. The van der Waals surface area contributed by atoms with Crippen LogP contribution in [0.4, 0.5) is 5.69 Å². The normalized spacial score (nSPS) is 23.5. The van der Waals surface area contributed by atoms with Crippen LogP contribution < -0.4 is 0 Å². The predicted octanol–water partition coefficient (Wildman–Crippen LogP) is 1.82. The lowest BCUT2D eigenvalue weighted by Gasteiger charge is -2.37. The van der Waals surface area contributed by atoms with Gasteiger partial charge in [-0.25, -0.2) is 8.42 Å². The topological polar surface area (TPSA) is 99.0 Å². The molecular formula is C15H20N2O6S. The molecule has 0 N–H and O–H groups in total. The van der Waals surface area contributed by atoms with Gasteiger partial charge in [0, 0.05) is 18.2 Å². The predicted molar refractivity (Wildman–Crippen MR) is 85.1 cm³/mol. The lowest BCUT2D eigenvalue weighted by Crippen LogP contribution is -2.50. The Morgan fingerprint density at radius 1 is 1.25 bits per heavy atom. The first kappa shape index (κ1) is 17.3. The molecule has 0 saturated carbocycles. The van der Waals surface area contributed by atoms with E-state index in [1.54, 1.807) is 0 Å². The number of ether oxygens (including phenoxy) is 2. The Morgan fingerprint density at radius 2 is 1.96 bits per heavy atom. The largest absolute Gasteiger partial charge is 0.349 e. The summed E-state index contributed by atoms with van der Waals surface area (Å²) >= 11 is 0. The van der Waals surface area contributed by atoms with Crippen molar-refractivity contribution in [3.63, 3.8) is 0 Å². The monoisotopic (exact) mass is 356 g/mol. The SMILES string of the molecule is Cc1c([N+](=O)[O-])cccc1S(=O)(=O)N1CCCC[C@H]1C1OCCO1. The summed E-state index contributed by atoms with van der Waals surface area (Å²) in [6.45, 7) is 2.72. The van der Waals surface area contributed by atoms with E-state index in [4.69, 9.17) is 9.47 Å². The zero-order valence-corrected chi connectivity index (χ0v) is 14.2. The lowest BCUT2D eigenvalue weighted by molar-refractivity contribution is -0.385. The van der Waals surface area contributed by atoms with Crippen molar-refractivity contribution in [1.29, 1.82) is 0 Å². The quantitative estimate of drug-likeness (QED) is 0.603. The second kappa shape index (κ2) is 6.75. The third kappa shape index (κ3) is 3.04. The molecule has 2 saturated heterocycles. The number of hydrogen-bond acceptors (Lipinski definition) is 6. The van der Waals surface area contributed by atoms with Crippen LogP contribution in [-0.2, 0) is 19.5 Å². The van der Waals surface area contributed by atoms with E-state index in [2.05, 4.69) is 0 Å². The minimum Gasteiger partial charge on any atom is -0.349 e. The van der Waals surface area contributed by atoms with Crippen molar-refractivity contribution < 1.29 is 22.8 Å². The second-order valence-electron chi connectivity index (χ2n) is 5.95. The summed E-state index contributed by atoms with van der Waals surface area (Å²) in [5.74, 6) is 0. The Labute approximate surface area is 140 Å². The molecule has 9 heteroatoms. The van der Waals surface area contributed by atoms with Crippen molar-refractivity contribution in [3.05, 3.63) is 33.9 Å². The van der Waals surface area contributed by atoms with E-state index in [1.807, 2.05) is 0 Å². The molecular weight excluding hydrogens is 336 g/mol. The van der Waals surface area contributed by atoms with Crippen molar-refractivity contribution >= 4 is 15.7 Å². The highest BCUT2D eigenvalue weighted by Gasteiger charge is 2.41. The number of nitrogens with zero attached hydrogens (tertiary/aromatic N) is 2. The molecule has 24 heavy (non-hydrogen) atoms. The number of nitro benzene ring substituents is 1. The average Bonchev–Trinajstić information content (AvgIpc) is 3.09. The number of benzene rings is 1. The number of sulfonamides is 1. The minimum atomic E-state index is -3.87. The standard InChI is InChI=1S/C15H20N2O6S/c1-11-12(17(18)19)6-4-7-14(11)24(20,21)16-8-3-2-5-13(16)15-22-9-10-23-15/h4,6-7,13,15H,2-3,5,8-10H2,1H3/t13-/m0/s1. The van der Waals surface area contributed by atoms with Crippen LogP contribution in [0.3, 0.4) is 0 Å². The molecule has 0 bridgehead atoms. The van der Waals surface area contributed by atoms with E-state index in [9.17, 15) is 18.5 Å². The Kier molecular flexibility index (Phi) is 4.86. The van der Waals surface area contributed by atoms with E-state index in [-0.39, 0.29) is 16.1 Å². The molecule has 0 spiro atoms. The molecule has 0 amide bonds. The average molecular weight is 356 g/mol. The van der Waals surface area contributed by atoms with Gasteiger partial charge in [0.05, 0.1) is 29.1 Å². The molecule has 3 rings (SSSR count). The number of rotatable bonds is 4. The van der Waals surface area contributed by atoms with E-state index >= 15 is 0 Å². The molecule has 1 aromatic rings. The Hall–Kier alpha value is -1.55. The van der Waals surface area contributed by atoms with Crippen molar-refractivity contribution in [1.82, 2.24) is 4.31 Å². The molecule has 0 aromatic heterocycles. The third-order valence-electron chi connectivity index (χ3n) is 4.50. The fourth-order valence-corrected chi connectivity index (χ4v) is 5.23. The van der Waals surface area contributed by atoms with Crippen LogP contribution in [-0.4, -0.2) is 49.7 Å². The van der Waals surface area contributed by atoms with Crippen LogP contribution in [0.15, 0.2) is 23.1 Å². The molecule has 2 heterocycles. The molecule has 0 radical (unpaired) electrons. The van der Waals surface area contributed by atoms with Gasteiger partial charge in [-0.05, 0) is 25.8 Å². The highest BCUT2D eigenvalue weighted by molar-refractivity contribution is 7.89. The number of hydrogen-bond donors (Lipinski definition) is 0. The summed E-state index contributed by atoms with van der Waals surface area (Å²) in [7, 11) is -3.87. The number of nitro groups is 1. The first-order valence-corrected chi connectivity index (χ1v) is 9.36. The number of piperidine rings is 1. The summed E-state index contributed by atoms with van der Waals surface area (Å²) in [4.78, 5) is 10.5. The molecule has 8 nitrogen and oxygen atoms in total. The lowest BCUT2D eigenvalue weighted by atomic mass is 10.0. The molecule has 2 aliphatic rings. The molecule has 2 fully saturated rings. The minimum absolute atomic E-state index is 0.0263. The van der Waals surface area contributed by atoms with Crippen molar-refractivity contribution in [2.75, 3.05) is 19.8 Å². The van der Waals surface area contributed by atoms with Gasteiger partial charge in [0.1, 0.15) is 0 Å². The van der Waals surface area contributed by atoms with Crippen LogP contribution in [0, 0.1) is 17.0 Å². The van der Waals surface area contributed by atoms with Crippen molar-refractivity contribution in [3.8, 4) is 0 Å². The molecule has 2 aliphatic heterocycles. The molecule has 1 aromatic carbocycles. The highest BCUT2D eigenvalue weighted by Crippen LogP contribution is 2.33. The summed E-state index contributed by atoms with van der Waals surface area (Å²) in [5, 5.41) is 11.1. The summed E-state index contributed by atoms with van der Waals surface area (Å²) < 4.78 is 38.7. The van der Waals surface area contributed by atoms with Gasteiger partial charge in [-0.3, -0.25) is 10.1 Å². The van der Waals surface area contributed by atoms with E-state index < -0.39 is 27.3 Å². The fraction of sp³-hybridized carbons (Fsp3) is 0.600. The maximum Gasteiger partial charge on any atom is 0.273 e. The van der Waals surface area contributed by atoms with Crippen LogP contribution in [0.1, 0.15) is 24.8 Å². The Bertz CT molecular complexity index is 729. The van der Waals surface area contributed by atoms with Gasteiger partial charge in [0.15, 0.2) is 6.29 Å². The first-order valence-electron chi connectivity index (χ1n) is 7.92. The van der Waals surface area contributed by atoms with Crippen LogP contribution in [0.5, 0.6) is 0 Å². The van der Waals surface area contributed by atoms with Gasteiger partial charge in [0.2, 0.25) is 10.0 Å². The third-order valence-corrected chi connectivity index (χ3v) is 6.57. The van der Waals surface area contributed by atoms with Gasteiger partial charge in [-0.15, -0.1) is 0 Å². The Morgan fingerprint density at radius 3 is 2.62 bits per heavy atom. The molecule has 0 unspecified atom stereocenters. The van der Waals surface area contributed by atoms with Crippen LogP contribution >= 0.6 is 0 Å². The Balaban J connectivity index is 1.99. The molecule has 132 valence electrons. The smallest absolute Gasteiger partial charge is 0.273 e. The van der Waals surface area contributed by atoms with E-state index in [1.165, 1.54) is 29.4 Å². The van der Waals surface area contributed by atoms with Gasteiger partial charge in [-0.1, -0.05) is 12.5 Å².